The van der Waals surface area contributed by atoms with Crippen molar-refractivity contribution in [1.82, 2.24) is 5.32 Å². The number of hydrogen-bond acceptors (Lipinski definition) is 6. The molecule has 1 aliphatic heterocycles. The topological polar surface area (TPSA) is 89.0 Å². The first-order valence-electron chi connectivity index (χ1n) is 11.3. The lowest BCUT2D eigenvalue weighted by Gasteiger charge is -2.15. The SMILES string of the molecule is CCOc1cc(/C=C2/SC(=Nc3cccc(Cl)c3C)NC2=O)cc(I)c1OCC(=O)Nc1ccccc1. The Labute approximate surface area is 237 Å². The van der Waals surface area contributed by atoms with Crippen LogP contribution in [0.3, 0.4) is 0 Å². The van der Waals surface area contributed by atoms with Crippen LogP contribution in [0.5, 0.6) is 11.5 Å². The quantitative estimate of drug-likeness (QED) is 0.214. The number of nitrogens with one attached hydrogen (secondary N) is 2. The number of rotatable bonds is 8. The van der Waals surface area contributed by atoms with Gasteiger partial charge in [-0.2, -0.15) is 0 Å². The van der Waals surface area contributed by atoms with Crippen molar-refractivity contribution >= 4 is 80.4 Å². The van der Waals surface area contributed by atoms with E-state index in [9.17, 15) is 9.59 Å². The van der Waals surface area contributed by atoms with Crippen molar-refractivity contribution in [2.75, 3.05) is 18.5 Å². The van der Waals surface area contributed by atoms with E-state index in [0.717, 1.165) is 14.7 Å². The highest BCUT2D eigenvalue weighted by Crippen LogP contribution is 2.37. The molecule has 0 unspecified atom stereocenters. The molecule has 2 amide bonds. The summed E-state index contributed by atoms with van der Waals surface area (Å²) in [4.78, 5) is 30.0. The van der Waals surface area contributed by atoms with Gasteiger partial charge in [-0.3, -0.25) is 9.59 Å². The third-order valence-electron chi connectivity index (χ3n) is 5.15. The first-order chi connectivity index (χ1) is 17.8. The van der Waals surface area contributed by atoms with Crippen molar-refractivity contribution in [3.05, 3.63) is 85.3 Å². The molecular weight excluding hydrogens is 625 g/mol. The van der Waals surface area contributed by atoms with E-state index in [-0.39, 0.29) is 18.4 Å². The van der Waals surface area contributed by atoms with Gasteiger partial charge in [0.1, 0.15) is 0 Å². The maximum atomic E-state index is 12.6. The molecule has 0 aromatic heterocycles. The van der Waals surface area contributed by atoms with Crippen LogP contribution >= 0.6 is 46.0 Å². The molecule has 7 nitrogen and oxygen atoms in total. The molecule has 0 radical (unpaired) electrons. The van der Waals surface area contributed by atoms with E-state index in [1.54, 1.807) is 30.3 Å². The summed E-state index contributed by atoms with van der Waals surface area (Å²) in [5.41, 5.74) is 2.99. The molecule has 0 spiro atoms. The Morgan fingerprint density at radius 2 is 1.95 bits per heavy atom. The van der Waals surface area contributed by atoms with Crippen LogP contribution in [0.25, 0.3) is 6.08 Å². The van der Waals surface area contributed by atoms with Crippen LogP contribution < -0.4 is 20.1 Å². The van der Waals surface area contributed by atoms with E-state index in [1.807, 2.05) is 50.2 Å². The smallest absolute Gasteiger partial charge is 0.264 e. The molecule has 10 heteroatoms. The molecule has 0 atom stereocenters. The van der Waals surface area contributed by atoms with Gasteiger partial charge in [0.2, 0.25) is 0 Å². The van der Waals surface area contributed by atoms with E-state index in [1.165, 1.54) is 11.8 Å². The summed E-state index contributed by atoms with van der Waals surface area (Å²) in [6, 6.07) is 18.3. The van der Waals surface area contributed by atoms with Gasteiger partial charge in [0, 0.05) is 10.7 Å². The number of ether oxygens (including phenoxy) is 2. The second-order valence-electron chi connectivity index (χ2n) is 7.83. The number of carbonyl (C=O) groups is 2. The first-order valence-corrected chi connectivity index (χ1v) is 13.6. The Bertz CT molecular complexity index is 1400. The number of aliphatic imine (C=N–C) groups is 1. The molecule has 3 aromatic carbocycles. The summed E-state index contributed by atoms with van der Waals surface area (Å²) in [6.07, 6.45) is 1.77. The Balaban J connectivity index is 1.51. The molecule has 37 heavy (non-hydrogen) atoms. The van der Waals surface area contributed by atoms with Crippen LogP contribution in [0.15, 0.2) is 70.6 Å². The Kier molecular flexibility index (Phi) is 9.12. The number of para-hydroxylation sites is 1. The number of amidine groups is 1. The number of halogens is 2. The Morgan fingerprint density at radius 3 is 2.70 bits per heavy atom. The zero-order valence-corrected chi connectivity index (χ0v) is 23.7. The largest absolute Gasteiger partial charge is 0.490 e. The second-order valence-corrected chi connectivity index (χ2v) is 10.4. The average Bonchev–Trinajstić information content (AvgIpc) is 3.20. The lowest BCUT2D eigenvalue weighted by atomic mass is 10.2. The van der Waals surface area contributed by atoms with Crippen molar-refractivity contribution in [2.24, 2.45) is 4.99 Å². The summed E-state index contributed by atoms with van der Waals surface area (Å²) in [6.45, 7) is 3.98. The molecule has 0 saturated carbocycles. The zero-order valence-electron chi connectivity index (χ0n) is 20.0. The van der Waals surface area contributed by atoms with Crippen LogP contribution in [0.1, 0.15) is 18.1 Å². The number of amides is 2. The van der Waals surface area contributed by atoms with E-state index in [2.05, 4.69) is 38.2 Å². The number of anilines is 1. The minimum absolute atomic E-state index is 0.174. The standard InChI is InChI=1S/C27H23ClIN3O4S/c1-3-35-22-13-17(12-20(29)25(22)36-15-24(33)30-18-8-5-4-6-9-18)14-23-26(34)32-27(37-23)31-21-11-7-10-19(28)16(21)2/h4-14H,3,15H2,1-2H3,(H,30,33)(H,31,32,34)/b23-14+. The van der Waals surface area contributed by atoms with Gasteiger partial charge in [-0.05, 0) is 102 Å². The predicted molar refractivity (Wildman–Crippen MR) is 158 cm³/mol. The van der Waals surface area contributed by atoms with E-state index in [0.29, 0.717) is 44.6 Å². The number of nitrogens with zero attached hydrogens (tertiary/aromatic N) is 1. The molecule has 1 fully saturated rings. The normalized spacial score (nSPS) is 15.1. The summed E-state index contributed by atoms with van der Waals surface area (Å²) in [5, 5.41) is 6.68. The zero-order chi connectivity index (χ0) is 26.4. The third kappa shape index (κ3) is 7.06. The van der Waals surface area contributed by atoms with Gasteiger partial charge in [-0.15, -0.1) is 0 Å². The summed E-state index contributed by atoms with van der Waals surface area (Å²) in [5.74, 6) is 0.432. The Morgan fingerprint density at radius 1 is 1.16 bits per heavy atom. The molecule has 1 aliphatic rings. The minimum Gasteiger partial charge on any atom is -0.490 e. The molecule has 0 bridgehead atoms. The first kappa shape index (κ1) is 27.0. The van der Waals surface area contributed by atoms with Crippen molar-refractivity contribution in [3.63, 3.8) is 0 Å². The molecule has 0 aliphatic carbocycles. The van der Waals surface area contributed by atoms with Crippen LogP contribution in [-0.4, -0.2) is 30.2 Å². The highest BCUT2D eigenvalue weighted by molar-refractivity contribution is 14.1. The van der Waals surface area contributed by atoms with E-state index >= 15 is 0 Å². The summed E-state index contributed by atoms with van der Waals surface area (Å²) >= 11 is 9.57. The van der Waals surface area contributed by atoms with Gasteiger partial charge in [0.15, 0.2) is 23.3 Å². The highest BCUT2D eigenvalue weighted by Gasteiger charge is 2.24. The number of carbonyl (C=O) groups excluding carboxylic acids is 2. The van der Waals surface area contributed by atoms with Crippen molar-refractivity contribution in [2.45, 2.75) is 13.8 Å². The van der Waals surface area contributed by atoms with Gasteiger partial charge in [0.25, 0.3) is 11.8 Å². The molecule has 1 heterocycles. The molecule has 1 saturated heterocycles. The van der Waals surface area contributed by atoms with Crippen molar-refractivity contribution in [1.29, 1.82) is 0 Å². The highest BCUT2D eigenvalue weighted by atomic mass is 127. The third-order valence-corrected chi connectivity index (χ3v) is 7.27. The van der Waals surface area contributed by atoms with Gasteiger partial charge in [0.05, 0.1) is 20.8 Å². The van der Waals surface area contributed by atoms with E-state index in [4.69, 9.17) is 21.1 Å². The molecule has 3 aromatic rings. The summed E-state index contributed by atoms with van der Waals surface area (Å²) < 4.78 is 12.4. The lowest BCUT2D eigenvalue weighted by Crippen LogP contribution is -2.20. The van der Waals surface area contributed by atoms with Gasteiger partial charge >= 0.3 is 0 Å². The van der Waals surface area contributed by atoms with Gasteiger partial charge < -0.3 is 20.1 Å². The molecular formula is C27H23ClIN3O4S. The molecule has 190 valence electrons. The Hall–Kier alpha value is -3.02. The van der Waals surface area contributed by atoms with Crippen LogP contribution in [-0.2, 0) is 9.59 Å². The fourth-order valence-electron chi connectivity index (χ4n) is 3.39. The van der Waals surface area contributed by atoms with Crippen molar-refractivity contribution < 1.29 is 19.1 Å². The van der Waals surface area contributed by atoms with Crippen LogP contribution in [0.4, 0.5) is 11.4 Å². The van der Waals surface area contributed by atoms with Crippen LogP contribution in [0.2, 0.25) is 5.02 Å². The average molecular weight is 648 g/mol. The summed E-state index contributed by atoms with van der Waals surface area (Å²) in [7, 11) is 0. The number of thioether (sulfide) groups is 1. The molecule has 2 N–H and O–H groups in total. The maximum absolute atomic E-state index is 12.6. The monoisotopic (exact) mass is 647 g/mol. The molecule has 4 rings (SSSR count). The fraction of sp³-hybridized carbons (Fsp3) is 0.148. The maximum Gasteiger partial charge on any atom is 0.264 e. The fourth-order valence-corrected chi connectivity index (χ4v) is 5.17. The number of benzene rings is 3. The van der Waals surface area contributed by atoms with Gasteiger partial charge in [-0.1, -0.05) is 35.9 Å². The lowest BCUT2D eigenvalue weighted by molar-refractivity contribution is -0.118. The minimum atomic E-state index is -0.281. The number of hydrogen-bond donors (Lipinski definition) is 2. The second kappa shape index (κ2) is 12.5. The van der Waals surface area contributed by atoms with Gasteiger partial charge in [-0.25, -0.2) is 4.99 Å². The van der Waals surface area contributed by atoms with E-state index < -0.39 is 0 Å². The van der Waals surface area contributed by atoms with Crippen LogP contribution in [0, 0.1) is 10.5 Å². The van der Waals surface area contributed by atoms with Crippen molar-refractivity contribution in [3.8, 4) is 11.5 Å². The predicted octanol–water partition coefficient (Wildman–Crippen LogP) is 6.56.